The van der Waals surface area contributed by atoms with Crippen molar-refractivity contribution in [3.8, 4) is 0 Å². The van der Waals surface area contributed by atoms with Gasteiger partial charge in [-0.05, 0) is 55.1 Å². The van der Waals surface area contributed by atoms with Crippen LogP contribution in [0.3, 0.4) is 0 Å². The molecule has 0 atom stereocenters. The fraction of sp³-hybridized carbons (Fsp3) is 0.182. The number of rotatable bonds is 3. The minimum Gasteiger partial charge on any atom is -0.274 e. The normalized spacial score (nSPS) is 9.78. The number of carbonyl (C=O) groups excluding carboxylic acids is 3. The number of carbonyl (C=O) groups is 3. The molecule has 0 N–H and O–H groups in total. The Morgan fingerprint density at radius 1 is 0.957 bits per heavy atom. The van der Waals surface area contributed by atoms with Gasteiger partial charge in [-0.3, -0.25) is 19.2 Å². The van der Waals surface area contributed by atoms with Crippen molar-refractivity contribution in [2.45, 2.75) is 0 Å². The molecule has 1 aromatic rings. The number of hydroxylamine groups is 2. The van der Waals surface area contributed by atoms with Crippen molar-refractivity contribution in [2.75, 3.05) is 14.2 Å². The minimum absolute atomic E-state index is 0.593. The zero-order valence-electron chi connectivity index (χ0n) is 11.2. The maximum Gasteiger partial charge on any atom is 0.304 e. The summed E-state index contributed by atoms with van der Waals surface area (Å²) in [5, 5.41) is -1.60. The third-order valence-corrected chi connectivity index (χ3v) is 4.02. The molecule has 0 fully saturated rings. The van der Waals surface area contributed by atoms with Crippen LogP contribution in [0.5, 0.6) is 0 Å². The lowest BCUT2D eigenvalue weighted by Gasteiger charge is -2.16. The topological polar surface area (TPSA) is 63.7 Å². The fourth-order valence-electron chi connectivity index (χ4n) is 1.03. The molecule has 0 heterocycles. The molecule has 0 saturated carbocycles. The predicted octanol–water partition coefficient (Wildman–Crippen LogP) is 3.78. The molecule has 1 aromatic carbocycles. The first kappa shape index (κ1) is 22.3. The summed E-state index contributed by atoms with van der Waals surface area (Å²) in [5.41, 5.74) is -0.653. The largest absolute Gasteiger partial charge is 0.304 e. The molecule has 0 aliphatic carbocycles. The lowest BCUT2D eigenvalue weighted by Crippen LogP contribution is -2.27. The van der Waals surface area contributed by atoms with Gasteiger partial charge in [-0.25, -0.2) is 18.2 Å². The Labute approximate surface area is 154 Å². The van der Waals surface area contributed by atoms with E-state index in [9.17, 15) is 27.6 Å². The molecule has 0 bridgehead atoms. The number of benzene rings is 1. The van der Waals surface area contributed by atoms with Gasteiger partial charge in [0.25, 0.3) is 5.91 Å². The third-order valence-electron chi connectivity index (χ3n) is 2.14. The van der Waals surface area contributed by atoms with Crippen LogP contribution in [0.1, 0.15) is 10.4 Å². The first-order valence-electron chi connectivity index (χ1n) is 5.20. The van der Waals surface area contributed by atoms with Crippen LogP contribution in [0.15, 0.2) is 8.95 Å². The van der Waals surface area contributed by atoms with Crippen LogP contribution in [0.25, 0.3) is 0 Å². The number of amides is 1. The summed E-state index contributed by atoms with van der Waals surface area (Å²) < 4.78 is 38.8. The fourth-order valence-corrected chi connectivity index (χ4v) is 1.92. The van der Waals surface area contributed by atoms with Gasteiger partial charge < -0.3 is 0 Å². The van der Waals surface area contributed by atoms with Crippen molar-refractivity contribution in [3.05, 3.63) is 32.0 Å². The second kappa shape index (κ2) is 9.58. The molecule has 1 rings (SSSR count). The Morgan fingerprint density at radius 3 is 1.70 bits per heavy atom. The molecule has 23 heavy (non-hydrogen) atoms. The summed E-state index contributed by atoms with van der Waals surface area (Å²) in [6, 6.07) is 0. The summed E-state index contributed by atoms with van der Waals surface area (Å²) >= 11 is 14.2. The Hall–Kier alpha value is -0.680. The molecular weight excluding hydrogens is 498 g/mol. The van der Waals surface area contributed by atoms with Gasteiger partial charge >= 0.3 is 10.5 Å². The number of hydrogen-bond acceptors (Lipinski definition) is 4. The van der Waals surface area contributed by atoms with Gasteiger partial charge in [0.05, 0.1) is 21.6 Å². The smallest absolute Gasteiger partial charge is 0.274 e. The second-order valence-electron chi connectivity index (χ2n) is 3.48. The van der Waals surface area contributed by atoms with E-state index in [1.54, 1.807) is 0 Å². The SMILES string of the molecule is CON(C)C(=O)c1c(F)c(Br)c(F)c(F)c1Br.O=C(Cl)C(=O)Cl. The standard InChI is InChI=1S/C9H6Br2F3NO2.C2Cl2O2/c1-15(17-2)9(16)3-4(10)7(13)8(14)5(11)6(3)12;3-1(5)2(4)6/h1-2H3;. The van der Waals surface area contributed by atoms with Crippen LogP contribution in [0.2, 0.25) is 0 Å². The minimum atomic E-state index is -1.41. The van der Waals surface area contributed by atoms with Crippen LogP contribution in [-0.4, -0.2) is 35.6 Å². The van der Waals surface area contributed by atoms with E-state index in [0.29, 0.717) is 5.06 Å². The average molecular weight is 504 g/mol. The molecule has 1 amide bonds. The molecular formula is C11H6Br2Cl2F3NO4. The molecule has 0 aliphatic heterocycles. The quantitative estimate of drug-likeness (QED) is 0.207. The van der Waals surface area contributed by atoms with Gasteiger partial charge in [0.15, 0.2) is 17.5 Å². The molecule has 0 aliphatic rings. The molecule has 0 unspecified atom stereocenters. The van der Waals surface area contributed by atoms with E-state index in [-0.39, 0.29) is 0 Å². The van der Waals surface area contributed by atoms with Crippen LogP contribution < -0.4 is 0 Å². The lowest BCUT2D eigenvalue weighted by atomic mass is 10.2. The molecule has 128 valence electrons. The Morgan fingerprint density at radius 2 is 1.35 bits per heavy atom. The summed E-state index contributed by atoms with van der Waals surface area (Å²) in [5.74, 6) is -4.92. The highest BCUT2D eigenvalue weighted by Gasteiger charge is 2.28. The van der Waals surface area contributed by atoms with Gasteiger partial charge in [0.1, 0.15) is 0 Å². The highest BCUT2D eigenvalue weighted by Crippen LogP contribution is 2.33. The van der Waals surface area contributed by atoms with Crippen molar-refractivity contribution in [1.82, 2.24) is 5.06 Å². The van der Waals surface area contributed by atoms with Gasteiger partial charge in [-0.1, -0.05) is 0 Å². The summed E-state index contributed by atoms with van der Waals surface area (Å²) in [4.78, 5) is 35.1. The average Bonchev–Trinajstić information content (AvgIpc) is 2.50. The number of halogens is 7. The van der Waals surface area contributed by atoms with E-state index in [4.69, 9.17) is 0 Å². The lowest BCUT2D eigenvalue weighted by molar-refractivity contribution is -0.127. The van der Waals surface area contributed by atoms with E-state index >= 15 is 0 Å². The van der Waals surface area contributed by atoms with Crippen LogP contribution in [0, 0.1) is 17.5 Å². The first-order valence-corrected chi connectivity index (χ1v) is 7.54. The van der Waals surface area contributed by atoms with E-state index in [1.807, 2.05) is 0 Å². The van der Waals surface area contributed by atoms with Crippen molar-refractivity contribution < 1.29 is 32.4 Å². The first-order chi connectivity index (χ1) is 10.5. The zero-order valence-corrected chi connectivity index (χ0v) is 15.9. The van der Waals surface area contributed by atoms with E-state index in [2.05, 4.69) is 59.9 Å². The zero-order chi connectivity index (χ0) is 18.5. The molecule has 5 nitrogen and oxygen atoms in total. The van der Waals surface area contributed by atoms with E-state index in [0.717, 1.165) is 0 Å². The van der Waals surface area contributed by atoms with Crippen LogP contribution in [-0.2, 0) is 14.4 Å². The van der Waals surface area contributed by atoms with Crippen molar-refractivity contribution >= 4 is 71.5 Å². The van der Waals surface area contributed by atoms with E-state index < -0.39 is 48.4 Å². The summed E-state index contributed by atoms with van der Waals surface area (Å²) in [6.45, 7) is 0. The second-order valence-corrected chi connectivity index (χ2v) is 5.75. The van der Waals surface area contributed by atoms with Gasteiger partial charge in [-0.2, -0.15) is 0 Å². The Balaban J connectivity index is 0.000000688. The number of nitrogens with zero attached hydrogens (tertiary/aromatic N) is 1. The number of hydrogen-bond donors (Lipinski definition) is 0. The highest BCUT2D eigenvalue weighted by atomic mass is 79.9. The Kier molecular flexibility index (Phi) is 9.29. The van der Waals surface area contributed by atoms with Crippen molar-refractivity contribution in [2.24, 2.45) is 0 Å². The molecule has 0 spiro atoms. The third kappa shape index (κ3) is 5.71. The molecule has 0 aromatic heterocycles. The summed E-state index contributed by atoms with van der Waals surface area (Å²) in [6.07, 6.45) is 0. The maximum atomic E-state index is 13.7. The highest BCUT2D eigenvalue weighted by molar-refractivity contribution is 9.11. The van der Waals surface area contributed by atoms with Crippen molar-refractivity contribution in [3.63, 3.8) is 0 Å². The predicted molar refractivity (Wildman–Crippen MR) is 82.5 cm³/mol. The maximum absolute atomic E-state index is 13.7. The monoisotopic (exact) mass is 501 g/mol. The molecule has 0 radical (unpaired) electrons. The van der Waals surface area contributed by atoms with Crippen LogP contribution in [0.4, 0.5) is 13.2 Å². The molecule has 0 saturated heterocycles. The van der Waals surface area contributed by atoms with Gasteiger partial charge in [0, 0.05) is 7.05 Å². The Bertz CT molecular complexity index is 620. The molecule has 12 heteroatoms. The van der Waals surface area contributed by atoms with E-state index in [1.165, 1.54) is 14.2 Å². The van der Waals surface area contributed by atoms with Crippen molar-refractivity contribution in [1.29, 1.82) is 0 Å². The van der Waals surface area contributed by atoms with Gasteiger partial charge in [0.2, 0.25) is 0 Å². The van der Waals surface area contributed by atoms with Gasteiger partial charge in [-0.15, -0.1) is 0 Å². The summed E-state index contributed by atoms with van der Waals surface area (Å²) in [7, 11) is 2.39. The van der Waals surface area contributed by atoms with Crippen LogP contribution >= 0.6 is 55.1 Å².